The van der Waals surface area contributed by atoms with Gasteiger partial charge >= 0.3 is 5.97 Å². The zero-order valence-corrected chi connectivity index (χ0v) is 19.5. The molecule has 2 aliphatic rings. The second kappa shape index (κ2) is 10.0. The first-order chi connectivity index (χ1) is 15.8. The van der Waals surface area contributed by atoms with Crippen molar-refractivity contribution < 1.29 is 23.0 Å². The number of rotatable bonds is 8. The van der Waals surface area contributed by atoms with E-state index in [0.29, 0.717) is 18.6 Å². The molecule has 4 nitrogen and oxygen atoms in total. The smallest absolute Gasteiger partial charge is 0.311 e. The molecule has 2 aromatic carbocycles. The number of esters is 1. The van der Waals surface area contributed by atoms with Crippen LogP contribution in [-0.4, -0.2) is 44.2 Å². The molecule has 1 aliphatic heterocycles. The fourth-order valence-corrected chi connectivity index (χ4v) is 4.74. The van der Waals surface area contributed by atoms with E-state index < -0.39 is 11.6 Å². The van der Waals surface area contributed by atoms with E-state index in [1.807, 2.05) is 13.0 Å². The highest BCUT2D eigenvalue weighted by Crippen LogP contribution is 2.34. The van der Waals surface area contributed by atoms with E-state index in [-0.39, 0.29) is 17.8 Å². The van der Waals surface area contributed by atoms with Crippen molar-refractivity contribution in [2.45, 2.75) is 33.1 Å². The molecule has 1 aliphatic carbocycles. The molecule has 4 rings (SSSR count). The quantitative estimate of drug-likeness (QED) is 0.523. The van der Waals surface area contributed by atoms with Crippen LogP contribution in [0.4, 0.5) is 8.78 Å². The lowest BCUT2D eigenvalue weighted by atomic mass is 9.85. The minimum atomic E-state index is -0.558. The molecule has 1 saturated heterocycles. The van der Waals surface area contributed by atoms with Gasteiger partial charge in [0, 0.05) is 25.7 Å². The molecule has 0 unspecified atom stereocenters. The standard InChI is InChI=1S/C27H31F2NO3/c1-17(10-20-6-7-23(28)12-26(20)29)16-33-24-8-9-25-18(2)21(5-4-19(25)11-24)13-30-14-22(15-30)27(31)32-3/h6-9,11-12,17,22H,4-5,10,13-16H2,1-3H3/t17-/m0/s1. The molecule has 0 saturated carbocycles. The number of aryl methyl sites for hydroxylation is 1. The van der Waals surface area contributed by atoms with Crippen molar-refractivity contribution in [2.24, 2.45) is 11.8 Å². The highest BCUT2D eigenvalue weighted by Gasteiger charge is 2.34. The topological polar surface area (TPSA) is 38.8 Å². The van der Waals surface area contributed by atoms with Gasteiger partial charge in [-0.05, 0) is 72.6 Å². The summed E-state index contributed by atoms with van der Waals surface area (Å²) in [6, 6.07) is 9.94. The number of hydrogen-bond donors (Lipinski definition) is 0. The Morgan fingerprint density at radius 1 is 1.15 bits per heavy atom. The Labute approximate surface area is 194 Å². The molecule has 33 heavy (non-hydrogen) atoms. The lowest BCUT2D eigenvalue weighted by molar-refractivity contribution is -0.151. The molecule has 0 bridgehead atoms. The number of carbonyl (C=O) groups excluding carboxylic acids is 1. The van der Waals surface area contributed by atoms with Crippen molar-refractivity contribution >= 4 is 11.5 Å². The SMILES string of the molecule is COC(=O)C1CN(CC2=C(C)c3ccc(OC[C@@H](C)Cc4ccc(F)cc4F)cc3CC2)C1. The van der Waals surface area contributed by atoms with Gasteiger partial charge in [-0.1, -0.05) is 24.6 Å². The van der Waals surface area contributed by atoms with Crippen molar-refractivity contribution in [1.29, 1.82) is 0 Å². The first-order valence-electron chi connectivity index (χ1n) is 11.5. The van der Waals surface area contributed by atoms with Crippen LogP contribution >= 0.6 is 0 Å². The third-order valence-corrected chi connectivity index (χ3v) is 6.73. The highest BCUT2D eigenvalue weighted by atomic mass is 19.1. The van der Waals surface area contributed by atoms with Crippen LogP contribution in [0.1, 0.15) is 37.0 Å². The number of methoxy groups -OCH3 is 1. The van der Waals surface area contributed by atoms with Crippen LogP contribution in [0.2, 0.25) is 0 Å². The summed E-state index contributed by atoms with van der Waals surface area (Å²) in [5.74, 6) is -0.256. The monoisotopic (exact) mass is 455 g/mol. The van der Waals surface area contributed by atoms with Crippen molar-refractivity contribution in [3.05, 3.63) is 70.3 Å². The maximum atomic E-state index is 13.9. The van der Waals surface area contributed by atoms with Gasteiger partial charge in [0.25, 0.3) is 0 Å². The molecule has 6 heteroatoms. The van der Waals surface area contributed by atoms with Gasteiger partial charge in [0.05, 0.1) is 19.6 Å². The van der Waals surface area contributed by atoms with Crippen LogP contribution in [0.3, 0.4) is 0 Å². The first-order valence-corrected chi connectivity index (χ1v) is 11.5. The van der Waals surface area contributed by atoms with E-state index in [1.54, 1.807) is 0 Å². The van der Waals surface area contributed by atoms with E-state index in [9.17, 15) is 13.6 Å². The number of halogens is 2. The summed E-state index contributed by atoms with van der Waals surface area (Å²) in [7, 11) is 1.44. The number of allylic oxidation sites excluding steroid dienone is 1. The summed E-state index contributed by atoms with van der Waals surface area (Å²) in [6.07, 6.45) is 2.46. The van der Waals surface area contributed by atoms with E-state index >= 15 is 0 Å². The molecular weight excluding hydrogens is 424 g/mol. The zero-order chi connectivity index (χ0) is 23.5. The summed E-state index contributed by atoms with van der Waals surface area (Å²) >= 11 is 0. The summed E-state index contributed by atoms with van der Waals surface area (Å²) in [5, 5.41) is 0. The average molecular weight is 456 g/mol. The summed E-state index contributed by atoms with van der Waals surface area (Å²) in [6.45, 7) is 7.07. The number of ether oxygens (including phenoxy) is 2. The third kappa shape index (κ3) is 5.44. The largest absolute Gasteiger partial charge is 0.493 e. The number of hydrogen-bond acceptors (Lipinski definition) is 4. The van der Waals surface area contributed by atoms with Crippen molar-refractivity contribution in [1.82, 2.24) is 4.90 Å². The van der Waals surface area contributed by atoms with Crippen molar-refractivity contribution in [3.63, 3.8) is 0 Å². The lowest BCUT2D eigenvalue weighted by Gasteiger charge is -2.39. The molecule has 0 aromatic heterocycles. The minimum absolute atomic E-state index is 0.00781. The predicted octanol–water partition coefficient (Wildman–Crippen LogP) is 5.05. The normalized spacial score (nSPS) is 17.4. The van der Waals surface area contributed by atoms with E-state index in [2.05, 4.69) is 24.0 Å². The molecule has 1 fully saturated rings. The van der Waals surface area contributed by atoms with Gasteiger partial charge in [-0.2, -0.15) is 0 Å². The number of nitrogens with zero attached hydrogens (tertiary/aromatic N) is 1. The molecule has 0 N–H and O–H groups in total. The Morgan fingerprint density at radius 2 is 1.94 bits per heavy atom. The predicted molar refractivity (Wildman–Crippen MR) is 124 cm³/mol. The second-order valence-corrected chi connectivity index (χ2v) is 9.32. The van der Waals surface area contributed by atoms with Gasteiger partial charge in [0.1, 0.15) is 17.4 Å². The second-order valence-electron chi connectivity index (χ2n) is 9.32. The van der Waals surface area contributed by atoms with Gasteiger partial charge in [0.15, 0.2) is 0 Å². The molecule has 0 amide bonds. The number of carbonyl (C=O) groups is 1. The minimum Gasteiger partial charge on any atom is -0.493 e. The fourth-order valence-electron chi connectivity index (χ4n) is 4.74. The van der Waals surface area contributed by atoms with Crippen LogP contribution < -0.4 is 4.74 Å². The first kappa shape index (κ1) is 23.4. The van der Waals surface area contributed by atoms with E-state index in [1.165, 1.54) is 41.5 Å². The Kier molecular flexibility index (Phi) is 7.13. The Bertz CT molecular complexity index is 1060. The van der Waals surface area contributed by atoms with Crippen LogP contribution in [0.5, 0.6) is 5.75 Å². The van der Waals surface area contributed by atoms with E-state index in [0.717, 1.165) is 44.3 Å². The van der Waals surface area contributed by atoms with Gasteiger partial charge in [0.2, 0.25) is 0 Å². The molecule has 2 aromatic rings. The maximum Gasteiger partial charge on any atom is 0.311 e. The molecule has 0 radical (unpaired) electrons. The summed E-state index contributed by atoms with van der Waals surface area (Å²) in [5.41, 5.74) is 5.78. The van der Waals surface area contributed by atoms with Gasteiger partial charge in [-0.25, -0.2) is 8.78 Å². The summed E-state index contributed by atoms with van der Waals surface area (Å²) < 4.78 is 37.8. The van der Waals surface area contributed by atoms with Gasteiger partial charge in [-0.15, -0.1) is 0 Å². The summed E-state index contributed by atoms with van der Waals surface area (Å²) in [4.78, 5) is 13.9. The zero-order valence-electron chi connectivity index (χ0n) is 19.5. The third-order valence-electron chi connectivity index (χ3n) is 6.73. The van der Waals surface area contributed by atoms with Gasteiger partial charge in [-0.3, -0.25) is 9.69 Å². The highest BCUT2D eigenvalue weighted by molar-refractivity contribution is 5.74. The Balaban J connectivity index is 1.33. The Morgan fingerprint density at radius 3 is 2.67 bits per heavy atom. The Hall–Kier alpha value is -2.73. The van der Waals surface area contributed by atoms with E-state index in [4.69, 9.17) is 9.47 Å². The van der Waals surface area contributed by atoms with Gasteiger partial charge < -0.3 is 9.47 Å². The average Bonchev–Trinajstić information content (AvgIpc) is 2.77. The van der Waals surface area contributed by atoms with Crippen LogP contribution in [0, 0.1) is 23.5 Å². The molecule has 0 spiro atoms. The molecule has 1 atom stereocenters. The number of fused-ring (bicyclic) bond motifs is 1. The fraction of sp³-hybridized carbons (Fsp3) is 0.444. The number of likely N-dealkylation sites (tertiary alicyclic amines) is 1. The van der Waals surface area contributed by atoms with Crippen molar-refractivity contribution in [2.75, 3.05) is 33.4 Å². The lowest BCUT2D eigenvalue weighted by Crippen LogP contribution is -2.51. The maximum absolute atomic E-state index is 13.9. The molecule has 1 heterocycles. The van der Waals surface area contributed by atoms with Crippen molar-refractivity contribution in [3.8, 4) is 5.75 Å². The number of benzene rings is 2. The van der Waals surface area contributed by atoms with Crippen LogP contribution in [0.15, 0.2) is 42.0 Å². The molecule has 176 valence electrons. The van der Waals surface area contributed by atoms with Crippen LogP contribution in [0.25, 0.3) is 5.57 Å². The van der Waals surface area contributed by atoms with Crippen LogP contribution in [-0.2, 0) is 22.4 Å². The molecular formula is C27H31F2NO3.